The molecule has 36 heavy (non-hydrogen) atoms. The molecule has 4 aliphatic rings. The number of morpholine rings is 2. The van der Waals surface area contributed by atoms with Gasteiger partial charge >= 0.3 is 24.1 Å². The predicted molar refractivity (Wildman–Crippen MR) is 123 cm³/mol. The first-order valence-corrected chi connectivity index (χ1v) is 11.8. The number of carbonyl (C=O) groups excluding carboxylic acids is 4. The van der Waals surface area contributed by atoms with Gasteiger partial charge in [0.2, 0.25) is 0 Å². The van der Waals surface area contributed by atoms with Crippen LogP contribution in [0.15, 0.2) is 60.7 Å². The number of esters is 2. The molecular weight excluding hydrogens is 468 g/mol. The van der Waals surface area contributed by atoms with E-state index in [2.05, 4.69) is 0 Å². The van der Waals surface area contributed by atoms with Crippen molar-refractivity contribution in [2.45, 2.75) is 50.3 Å². The van der Waals surface area contributed by atoms with Crippen LogP contribution in [0.4, 0.5) is 9.59 Å². The summed E-state index contributed by atoms with van der Waals surface area (Å²) in [7, 11) is 0. The van der Waals surface area contributed by atoms with Gasteiger partial charge in [-0.2, -0.15) is 0 Å². The van der Waals surface area contributed by atoms with Crippen molar-refractivity contribution in [3.8, 4) is 0 Å². The topological polar surface area (TPSA) is 112 Å². The molecule has 0 aliphatic carbocycles. The zero-order valence-corrected chi connectivity index (χ0v) is 19.5. The van der Waals surface area contributed by atoms with E-state index in [1.54, 1.807) is 0 Å². The van der Waals surface area contributed by atoms with Crippen LogP contribution in [-0.2, 0) is 41.8 Å². The summed E-state index contributed by atoms with van der Waals surface area (Å²) in [5, 5.41) is 0. The molecule has 0 saturated carbocycles. The minimum Gasteiger partial charge on any atom is -0.459 e. The van der Waals surface area contributed by atoms with Crippen LogP contribution in [0.25, 0.3) is 0 Å². The summed E-state index contributed by atoms with van der Waals surface area (Å²) < 4.78 is 20.4. The van der Waals surface area contributed by atoms with Gasteiger partial charge in [0.15, 0.2) is 0 Å². The summed E-state index contributed by atoms with van der Waals surface area (Å²) in [6.45, 7) is 1.35. The van der Waals surface area contributed by atoms with Crippen LogP contribution in [0, 0.1) is 0 Å². The number of fused-ring (bicyclic) bond motifs is 4. The number of hydrogen-bond donors (Lipinski definition) is 0. The van der Waals surface area contributed by atoms with Crippen molar-refractivity contribution in [2.24, 2.45) is 0 Å². The number of ether oxygens (including phenoxy) is 4. The first kappa shape index (κ1) is 23.7. The molecule has 4 aliphatic heterocycles. The van der Waals surface area contributed by atoms with Crippen LogP contribution in [0.1, 0.15) is 24.0 Å². The van der Waals surface area contributed by atoms with Crippen molar-refractivity contribution in [3.05, 3.63) is 71.8 Å². The van der Waals surface area contributed by atoms with Crippen molar-refractivity contribution in [3.63, 3.8) is 0 Å². The highest BCUT2D eigenvalue weighted by Crippen LogP contribution is 2.30. The second kappa shape index (κ2) is 10.3. The van der Waals surface area contributed by atoms with E-state index in [-0.39, 0.29) is 37.4 Å². The molecule has 0 aromatic heterocycles. The van der Waals surface area contributed by atoms with E-state index in [0.717, 1.165) is 11.1 Å². The zero-order chi connectivity index (χ0) is 25.1. The normalized spacial score (nSPS) is 25.1. The quantitative estimate of drug-likeness (QED) is 0.471. The van der Waals surface area contributed by atoms with Crippen molar-refractivity contribution >= 4 is 24.1 Å². The number of carbonyl (C=O) groups is 4. The number of amides is 2. The van der Waals surface area contributed by atoms with Crippen LogP contribution < -0.4 is 0 Å². The lowest BCUT2D eigenvalue weighted by Crippen LogP contribution is -2.44. The fourth-order valence-electron chi connectivity index (χ4n) is 4.71. The Hall–Kier alpha value is -4.08. The fraction of sp³-hybridized carbons (Fsp3) is 0.385. The van der Waals surface area contributed by atoms with Crippen LogP contribution in [0.3, 0.4) is 0 Å². The molecular formula is C26H26N2O8. The number of likely N-dealkylation sites (tertiary alicyclic amines) is 2. The van der Waals surface area contributed by atoms with Crippen molar-refractivity contribution in [1.29, 1.82) is 0 Å². The number of benzene rings is 2. The maximum absolute atomic E-state index is 11.8. The lowest BCUT2D eigenvalue weighted by Gasteiger charge is -2.24. The monoisotopic (exact) mass is 494 g/mol. The van der Waals surface area contributed by atoms with E-state index < -0.39 is 24.3 Å². The molecule has 2 aromatic rings. The molecule has 0 radical (unpaired) electrons. The van der Waals surface area contributed by atoms with Gasteiger partial charge in [0.05, 0.1) is 13.1 Å². The van der Waals surface area contributed by atoms with E-state index in [1.165, 1.54) is 9.80 Å². The maximum Gasteiger partial charge on any atom is 0.410 e. The molecule has 4 atom stereocenters. The number of rotatable bonds is 4. The Bertz CT molecular complexity index is 1040. The van der Waals surface area contributed by atoms with Gasteiger partial charge < -0.3 is 18.9 Å². The van der Waals surface area contributed by atoms with Crippen molar-refractivity contribution < 1.29 is 38.1 Å². The molecule has 4 heterocycles. The van der Waals surface area contributed by atoms with Gasteiger partial charge in [-0.05, 0) is 11.1 Å². The molecule has 10 nitrogen and oxygen atoms in total. The van der Waals surface area contributed by atoms with E-state index in [1.807, 2.05) is 60.7 Å². The van der Waals surface area contributed by atoms with Gasteiger partial charge in [-0.25, -0.2) is 19.2 Å². The summed E-state index contributed by atoms with van der Waals surface area (Å²) in [5.41, 5.74) is 1.86. The van der Waals surface area contributed by atoms with E-state index in [0.29, 0.717) is 25.9 Å². The summed E-state index contributed by atoms with van der Waals surface area (Å²) in [4.78, 5) is 49.3. The highest BCUT2D eigenvalue weighted by atomic mass is 16.6. The largest absolute Gasteiger partial charge is 0.459 e. The molecule has 4 saturated heterocycles. The Balaban J connectivity index is 0.000000148. The molecule has 10 heteroatoms. The number of hydrogen-bond acceptors (Lipinski definition) is 8. The molecule has 0 unspecified atom stereocenters. The molecule has 4 fully saturated rings. The summed E-state index contributed by atoms with van der Waals surface area (Å²) >= 11 is 0. The van der Waals surface area contributed by atoms with Gasteiger partial charge in [-0.1, -0.05) is 60.7 Å². The Morgan fingerprint density at radius 3 is 1.42 bits per heavy atom. The molecule has 0 N–H and O–H groups in total. The fourth-order valence-corrected chi connectivity index (χ4v) is 4.71. The smallest absolute Gasteiger partial charge is 0.410 e. The lowest BCUT2D eigenvalue weighted by atomic mass is 10.2. The van der Waals surface area contributed by atoms with Crippen LogP contribution in [0.5, 0.6) is 0 Å². The van der Waals surface area contributed by atoms with E-state index >= 15 is 0 Å². The van der Waals surface area contributed by atoms with Gasteiger partial charge in [-0.15, -0.1) is 0 Å². The third-order valence-corrected chi connectivity index (χ3v) is 6.51. The van der Waals surface area contributed by atoms with E-state index in [9.17, 15) is 19.2 Å². The molecule has 4 bridgehead atoms. The Kier molecular flexibility index (Phi) is 6.75. The van der Waals surface area contributed by atoms with Gasteiger partial charge in [-0.3, -0.25) is 9.80 Å². The highest BCUT2D eigenvalue weighted by Gasteiger charge is 2.50. The first-order chi connectivity index (χ1) is 17.5. The standard InChI is InChI=1S/2C13H13NO4/c2*15-12-11-6-10(18-12)7-14(11)13(16)17-8-9-4-2-1-3-5-9/h2*1-5,10-11H,6-8H2/t2*10-,11-/m00/s1. The molecule has 0 spiro atoms. The lowest BCUT2D eigenvalue weighted by molar-refractivity contribution is -0.150. The molecule has 2 aromatic carbocycles. The SMILES string of the molecule is O=C1O[C@H]2C[C@@H]1N(C(=O)OCc1ccccc1)C2.O=C1O[C@H]2C[C@@H]1N(C(=O)OCc1ccccc1)C2. The van der Waals surface area contributed by atoms with Gasteiger partial charge in [0, 0.05) is 12.8 Å². The minimum atomic E-state index is -0.446. The minimum absolute atomic E-state index is 0.147. The Labute approximate surface area is 207 Å². The van der Waals surface area contributed by atoms with Crippen LogP contribution >= 0.6 is 0 Å². The van der Waals surface area contributed by atoms with Gasteiger partial charge in [0.25, 0.3) is 0 Å². The third kappa shape index (κ3) is 5.12. The third-order valence-electron chi connectivity index (χ3n) is 6.51. The molecule has 2 amide bonds. The maximum atomic E-state index is 11.8. The number of nitrogens with zero attached hydrogens (tertiary/aromatic N) is 2. The molecule has 6 rings (SSSR count). The predicted octanol–water partition coefficient (Wildman–Crippen LogP) is 2.65. The summed E-state index contributed by atoms with van der Waals surface area (Å²) in [6.07, 6.45) is 0.0167. The average molecular weight is 495 g/mol. The second-order valence-electron chi connectivity index (χ2n) is 9.01. The van der Waals surface area contributed by atoms with Gasteiger partial charge in [0.1, 0.15) is 37.5 Å². The molecule has 188 valence electrons. The summed E-state index contributed by atoms with van der Waals surface area (Å²) in [5.74, 6) is -0.633. The average Bonchev–Trinajstić information content (AvgIpc) is 3.68. The second-order valence-corrected chi connectivity index (χ2v) is 9.01. The summed E-state index contributed by atoms with van der Waals surface area (Å²) in [6, 6.07) is 18.0. The Morgan fingerprint density at radius 2 is 1.08 bits per heavy atom. The van der Waals surface area contributed by atoms with Crippen molar-refractivity contribution in [1.82, 2.24) is 9.80 Å². The first-order valence-electron chi connectivity index (χ1n) is 11.8. The highest BCUT2D eigenvalue weighted by molar-refractivity contribution is 5.85. The van der Waals surface area contributed by atoms with Crippen molar-refractivity contribution in [2.75, 3.05) is 13.1 Å². The Morgan fingerprint density at radius 1 is 0.694 bits per heavy atom. The van der Waals surface area contributed by atoms with E-state index in [4.69, 9.17) is 18.9 Å². The van der Waals surface area contributed by atoms with Crippen LogP contribution in [0.2, 0.25) is 0 Å². The van der Waals surface area contributed by atoms with Crippen LogP contribution in [-0.4, -0.2) is 71.3 Å². The zero-order valence-electron chi connectivity index (χ0n) is 19.5.